The van der Waals surface area contributed by atoms with Gasteiger partial charge in [-0.25, -0.2) is 0 Å². The molecule has 0 aromatic heterocycles. The molecule has 118 valence electrons. The van der Waals surface area contributed by atoms with Crippen molar-refractivity contribution >= 4 is 0 Å². The van der Waals surface area contributed by atoms with Crippen molar-refractivity contribution < 1.29 is 5.11 Å². The van der Waals surface area contributed by atoms with Crippen molar-refractivity contribution in [2.24, 2.45) is 33.5 Å². The molecule has 6 unspecified atom stereocenters. The Morgan fingerprint density at radius 3 is 2.33 bits per heavy atom. The molecular formula is C20H32O. The van der Waals surface area contributed by atoms with Gasteiger partial charge in [-0.1, -0.05) is 39.8 Å². The van der Waals surface area contributed by atoms with E-state index < -0.39 is 0 Å². The van der Waals surface area contributed by atoms with Crippen LogP contribution in [0.15, 0.2) is 12.2 Å². The molecule has 1 N–H and O–H groups in total. The molecule has 3 fully saturated rings. The van der Waals surface area contributed by atoms with Crippen LogP contribution in [-0.4, -0.2) is 11.2 Å². The molecule has 0 saturated heterocycles. The van der Waals surface area contributed by atoms with Crippen LogP contribution in [0.25, 0.3) is 0 Å². The van der Waals surface area contributed by atoms with E-state index in [9.17, 15) is 5.11 Å². The predicted molar refractivity (Wildman–Crippen MR) is 86.9 cm³/mol. The van der Waals surface area contributed by atoms with Gasteiger partial charge in [-0.3, -0.25) is 0 Å². The second-order valence-corrected chi connectivity index (χ2v) is 9.99. The lowest BCUT2D eigenvalue weighted by Crippen LogP contribution is -2.61. The molecule has 3 saturated carbocycles. The summed E-state index contributed by atoms with van der Waals surface area (Å²) in [5.41, 5.74) is 1.40. The van der Waals surface area contributed by atoms with Crippen molar-refractivity contribution in [3.05, 3.63) is 12.2 Å². The van der Waals surface area contributed by atoms with Crippen molar-refractivity contribution in [1.29, 1.82) is 0 Å². The molecule has 4 rings (SSSR count). The van der Waals surface area contributed by atoms with E-state index in [4.69, 9.17) is 0 Å². The highest BCUT2D eigenvalue weighted by molar-refractivity contribution is 5.25. The molecule has 0 radical (unpaired) electrons. The molecule has 2 bridgehead atoms. The van der Waals surface area contributed by atoms with Crippen molar-refractivity contribution in [2.75, 3.05) is 0 Å². The van der Waals surface area contributed by atoms with Crippen LogP contribution >= 0.6 is 0 Å². The minimum atomic E-state index is -0.0870. The zero-order chi connectivity index (χ0) is 15.1. The van der Waals surface area contributed by atoms with E-state index in [1.54, 1.807) is 0 Å². The average molecular weight is 288 g/mol. The average Bonchev–Trinajstić information content (AvgIpc) is 2.65. The largest absolute Gasteiger partial charge is 0.393 e. The van der Waals surface area contributed by atoms with E-state index in [1.165, 1.54) is 38.5 Å². The van der Waals surface area contributed by atoms with Crippen LogP contribution in [0.2, 0.25) is 0 Å². The monoisotopic (exact) mass is 288 g/mol. The van der Waals surface area contributed by atoms with Crippen LogP contribution < -0.4 is 0 Å². The van der Waals surface area contributed by atoms with Crippen LogP contribution in [0, 0.1) is 33.5 Å². The molecule has 4 aliphatic carbocycles. The maximum atomic E-state index is 11.0. The molecule has 4 aliphatic rings. The number of rotatable bonds is 0. The van der Waals surface area contributed by atoms with Gasteiger partial charge in [-0.2, -0.15) is 0 Å². The number of aliphatic hydroxyl groups is 1. The minimum absolute atomic E-state index is 0.0870. The second-order valence-electron chi connectivity index (χ2n) is 9.99. The quantitative estimate of drug-likeness (QED) is 0.626. The SMILES string of the molecule is CC12C=CC3(CCC4C(C)(C)CCC(O)C4(C)C3CC1)C2. The first kappa shape index (κ1) is 14.3. The van der Waals surface area contributed by atoms with Gasteiger partial charge < -0.3 is 5.11 Å². The summed E-state index contributed by atoms with van der Waals surface area (Å²) < 4.78 is 0. The van der Waals surface area contributed by atoms with E-state index in [-0.39, 0.29) is 11.5 Å². The Labute approximate surface area is 130 Å². The van der Waals surface area contributed by atoms with Crippen LogP contribution in [0.3, 0.4) is 0 Å². The summed E-state index contributed by atoms with van der Waals surface area (Å²) in [5.74, 6) is 1.40. The smallest absolute Gasteiger partial charge is 0.0599 e. The van der Waals surface area contributed by atoms with Gasteiger partial charge >= 0.3 is 0 Å². The molecular weight excluding hydrogens is 256 g/mol. The number of allylic oxidation sites excluding steroid dienone is 2. The lowest BCUT2D eigenvalue weighted by molar-refractivity contribution is -0.195. The molecule has 1 heteroatoms. The summed E-state index contributed by atoms with van der Waals surface area (Å²) in [7, 11) is 0. The molecule has 0 amide bonds. The van der Waals surface area contributed by atoms with E-state index in [0.29, 0.717) is 28.1 Å². The third-order valence-electron chi connectivity index (χ3n) is 8.37. The molecule has 0 aliphatic heterocycles. The minimum Gasteiger partial charge on any atom is -0.393 e. The highest BCUT2D eigenvalue weighted by atomic mass is 16.3. The molecule has 0 heterocycles. The number of fused-ring (bicyclic) bond motifs is 3. The normalized spacial score (nSPS) is 57.7. The van der Waals surface area contributed by atoms with Crippen LogP contribution in [0.4, 0.5) is 0 Å². The van der Waals surface area contributed by atoms with Crippen LogP contribution in [0.5, 0.6) is 0 Å². The maximum Gasteiger partial charge on any atom is 0.0599 e. The Kier molecular flexibility index (Phi) is 2.70. The fourth-order valence-corrected chi connectivity index (χ4v) is 7.34. The number of hydrogen-bond acceptors (Lipinski definition) is 1. The zero-order valence-corrected chi connectivity index (χ0v) is 14.3. The van der Waals surface area contributed by atoms with Crippen LogP contribution in [0.1, 0.15) is 72.6 Å². The summed E-state index contributed by atoms with van der Waals surface area (Å²) in [6, 6.07) is 0. The molecule has 21 heavy (non-hydrogen) atoms. The molecule has 1 spiro atoms. The van der Waals surface area contributed by atoms with Gasteiger partial charge in [0.15, 0.2) is 0 Å². The summed E-state index contributed by atoms with van der Waals surface area (Å²) in [6.45, 7) is 9.81. The summed E-state index contributed by atoms with van der Waals surface area (Å²) in [6.07, 6.45) is 13.9. The Balaban J connectivity index is 1.79. The predicted octanol–water partition coefficient (Wildman–Crippen LogP) is 4.95. The van der Waals surface area contributed by atoms with Gasteiger partial charge in [0.25, 0.3) is 0 Å². The highest BCUT2D eigenvalue weighted by Crippen LogP contribution is 2.71. The zero-order valence-electron chi connectivity index (χ0n) is 14.3. The van der Waals surface area contributed by atoms with E-state index in [1.807, 2.05) is 0 Å². The third kappa shape index (κ3) is 1.68. The summed E-state index contributed by atoms with van der Waals surface area (Å²) in [5, 5.41) is 11.0. The Morgan fingerprint density at radius 1 is 0.857 bits per heavy atom. The van der Waals surface area contributed by atoms with Gasteiger partial charge in [0.1, 0.15) is 0 Å². The summed E-state index contributed by atoms with van der Waals surface area (Å²) >= 11 is 0. The molecule has 1 nitrogen and oxygen atoms in total. The van der Waals surface area contributed by atoms with Gasteiger partial charge in [0, 0.05) is 5.41 Å². The second kappa shape index (κ2) is 3.96. The number of aliphatic hydroxyl groups excluding tert-OH is 1. The van der Waals surface area contributed by atoms with E-state index in [0.717, 1.165) is 6.42 Å². The first-order valence-corrected chi connectivity index (χ1v) is 9.10. The van der Waals surface area contributed by atoms with E-state index in [2.05, 4.69) is 39.8 Å². The van der Waals surface area contributed by atoms with E-state index >= 15 is 0 Å². The van der Waals surface area contributed by atoms with Crippen molar-refractivity contribution in [2.45, 2.75) is 78.7 Å². The van der Waals surface area contributed by atoms with Crippen molar-refractivity contribution in [3.8, 4) is 0 Å². The van der Waals surface area contributed by atoms with Gasteiger partial charge in [0.2, 0.25) is 0 Å². The van der Waals surface area contributed by atoms with Crippen LogP contribution in [-0.2, 0) is 0 Å². The lowest BCUT2D eigenvalue weighted by atomic mass is 9.40. The Hall–Kier alpha value is -0.300. The first-order valence-electron chi connectivity index (χ1n) is 9.10. The van der Waals surface area contributed by atoms with Gasteiger partial charge in [0.05, 0.1) is 6.10 Å². The van der Waals surface area contributed by atoms with Gasteiger partial charge in [-0.15, -0.1) is 0 Å². The standard InChI is InChI=1S/C20H32O/c1-17(2)8-7-16(21)19(4)14(17)6-10-20-12-11-18(3,13-20)9-5-15(19)20/h11-12,14-16,21H,5-10,13H2,1-4H3. The topological polar surface area (TPSA) is 20.2 Å². The number of hydrogen-bond donors (Lipinski definition) is 1. The lowest BCUT2D eigenvalue weighted by Gasteiger charge is -2.65. The summed E-state index contributed by atoms with van der Waals surface area (Å²) in [4.78, 5) is 0. The third-order valence-corrected chi connectivity index (χ3v) is 8.37. The fourth-order valence-electron chi connectivity index (χ4n) is 7.34. The van der Waals surface area contributed by atoms with Crippen molar-refractivity contribution in [3.63, 3.8) is 0 Å². The Bertz CT molecular complexity index is 492. The van der Waals surface area contributed by atoms with Crippen molar-refractivity contribution in [1.82, 2.24) is 0 Å². The fraction of sp³-hybridized carbons (Fsp3) is 0.900. The molecule has 0 aromatic rings. The van der Waals surface area contributed by atoms with Gasteiger partial charge in [-0.05, 0) is 73.0 Å². The Morgan fingerprint density at radius 2 is 1.57 bits per heavy atom. The first-order chi connectivity index (χ1) is 9.72. The highest BCUT2D eigenvalue weighted by Gasteiger charge is 2.65. The molecule has 0 aromatic carbocycles. The molecule has 6 atom stereocenters. The maximum absolute atomic E-state index is 11.0.